The number of hydrogen-bond donors (Lipinski definition) is 1. The lowest BCUT2D eigenvalue weighted by atomic mass is 9.73. The number of Topliss-reactive ketones (excluding diaryl/α,β-unsaturated/α-hetero) is 1. The maximum Gasteiger partial charge on any atom is 0.163 e. The van der Waals surface area contributed by atoms with Crippen LogP contribution in [0.15, 0.2) is 64.3 Å². The van der Waals surface area contributed by atoms with Crippen molar-refractivity contribution in [2.45, 2.75) is 32.7 Å². The van der Waals surface area contributed by atoms with Crippen molar-refractivity contribution in [2.24, 2.45) is 5.41 Å². The van der Waals surface area contributed by atoms with Gasteiger partial charge in [0, 0.05) is 27.5 Å². The summed E-state index contributed by atoms with van der Waals surface area (Å²) in [6.45, 7) is 4.32. The number of ketones is 1. The number of allylic oxidation sites excluding steroid dienone is 2. The fourth-order valence-electron chi connectivity index (χ4n) is 4.34. The maximum atomic E-state index is 13.2. The average molecular weight is 422 g/mol. The van der Waals surface area contributed by atoms with Gasteiger partial charge in [-0.15, -0.1) is 0 Å². The van der Waals surface area contributed by atoms with Gasteiger partial charge in [-0.25, -0.2) is 4.68 Å². The van der Waals surface area contributed by atoms with Gasteiger partial charge in [-0.3, -0.25) is 4.79 Å². The highest BCUT2D eigenvalue weighted by atomic mass is 79.9. The van der Waals surface area contributed by atoms with Gasteiger partial charge >= 0.3 is 0 Å². The summed E-state index contributed by atoms with van der Waals surface area (Å²) in [6, 6.07) is 16.1. The lowest BCUT2D eigenvalue weighted by Crippen LogP contribution is -2.36. The number of benzene rings is 2. The molecule has 0 spiro atoms. The lowest BCUT2D eigenvalue weighted by Gasteiger charge is -2.39. The minimum atomic E-state index is -0.194. The topological polar surface area (TPSA) is 46.9 Å². The number of carbonyl (C=O) groups is 1. The van der Waals surface area contributed by atoms with E-state index in [1.165, 1.54) is 0 Å². The summed E-state index contributed by atoms with van der Waals surface area (Å²) in [4.78, 5) is 13.2. The van der Waals surface area contributed by atoms with E-state index >= 15 is 0 Å². The van der Waals surface area contributed by atoms with E-state index < -0.39 is 0 Å². The lowest BCUT2D eigenvalue weighted by molar-refractivity contribution is -0.118. The van der Waals surface area contributed by atoms with Crippen LogP contribution < -0.4 is 5.32 Å². The Balaban J connectivity index is 1.78. The van der Waals surface area contributed by atoms with Gasteiger partial charge in [0.2, 0.25) is 0 Å². The Morgan fingerprint density at radius 2 is 1.85 bits per heavy atom. The number of carbonyl (C=O) groups excluding carboxylic acids is 1. The van der Waals surface area contributed by atoms with Gasteiger partial charge in [-0.1, -0.05) is 54.0 Å². The fraction of sp³-hybridized carbons (Fsp3) is 0.273. The van der Waals surface area contributed by atoms with Crippen LogP contribution in [0.25, 0.3) is 10.9 Å². The first kappa shape index (κ1) is 16.8. The predicted octanol–water partition coefficient (Wildman–Crippen LogP) is 5.46. The molecule has 1 atom stereocenters. The first-order valence-electron chi connectivity index (χ1n) is 9.19. The Bertz CT molecular complexity index is 1110. The number of nitrogens with one attached hydrogen (secondary N) is 1. The minimum Gasteiger partial charge on any atom is -0.343 e. The second-order valence-electron chi connectivity index (χ2n) is 8.22. The molecule has 1 N–H and O–H groups in total. The molecule has 1 aliphatic carbocycles. The quantitative estimate of drug-likeness (QED) is 0.567. The minimum absolute atomic E-state index is 0.0365. The molecule has 1 unspecified atom stereocenters. The van der Waals surface area contributed by atoms with Crippen molar-refractivity contribution in [3.8, 4) is 0 Å². The zero-order valence-electron chi connectivity index (χ0n) is 15.3. The maximum absolute atomic E-state index is 13.2. The Morgan fingerprint density at radius 3 is 2.63 bits per heavy atom. The van der Waals surface area contributed by atoms with Gasteiger partial charge in [0.25, 0.3) is 0 Å². The van der Waals surface area contributed by atoms with Crippen LogP contribution in [0.5, 0.6) is 0 Å². The van der Waals surface area contributed by atoms with E-state index in [0.717, 1.165) is 44.4 Å². The number of aromatic nitrogens is 2. The first-order valence-corrected chi connectivity index (χ1v) is 9.98. The normalized spacial score (nSPS) is 21.0. The fourth-order valence-corrected chi connectivity index (χ4v) is 4.61. The van der Waals surface area contributed by atoms with Crippen LogP contribution in [0.3, 0.4) is 0 Å². The summed E-state index contributed by atoms with van der Waals surface area (Å²) in [6.07, 6.45) is 1.43. The molecule has 2 heterocycles. The average Bonchev–Trinajstić information content (AvgIpc) is 2.98. The number of nitrogens with zero attached hydrogens (tertiary/aromatic N) is 2. The molecule has 0 fully saturated rings. The van der Waals surface area contributed by atoms with Crippen LogP contribution in [0.4, 0.5) is 5.82 Å². The Kier molecular flexibility index (Phi) is 3.60. The summed E-state index contributed by atoms with van der Waals surface area (Å²) < 4.78 is 3.01. The number of fused-ring (bicyclic) bond motifs is 3. The van der Waals surface area contributed by atoms with Crippen LogP contribution >= 0.6 is 15.9 Å². The molecule has 5 rings (SSSR count). The molecule has 2 aromatic carbocycles. The molecule has 0 saturated heterocycles. The number of rotatable bonds is 1. The molecule has 0 saturated carbocycles. The van der Waals surface area contributed by atoms with Crippen molar-refractivity contribution in [1.29, 1.82) is 0 Å². The molecule has 0 amide bonds. The summed E-state index contributed by atoms with van der Waals surface area (Å²) in [5.41, 5.74) is 3.88. The highest BCUT2D eigenvalue weighted by Gasteiger charge is 2.41. The molecule has 0 bridgehead atoms. The summed E-state index contributed by atoms with van der Waals surface area (Å²) in [5.74, 6) is 1.19. The van der Waals surface area contributed by atoms with Crippen molar-refractivity contribution in [3.63, 3.8) is 0 Å². The summed E-state index contributed by atoms with van der Waals surface area (Å²) in [7, 11) is 0. The molecular formula is C22H20BrN3O. The van der Waals surface area contributed by atoms with Crippen LogP contribution in [0.1, 0.15) is 38.3 Å². The molecule has 1 aliphatic heterocycles. The molecule has 27 heavy (non-hydrogen) atoms. The third-order valence-corrected chi connectivity index (χ3v) is 6.03. The summed E-state index contributed by atoms with van der Waals surface area (Å²) >= 11 is 3.51. The van der Waals surface area contributed by atoms with Crippen molar-refractivity contribution in [3.05, 3.63) is 69.8 Å². The van der Waals surface area contributed by atoms with Gasteiger partial charge < -0.3 is 5.32 Å². The molecular weight excluding hydrogens is 402 g/mol. The van der Waals surface area contributed by atoms with Crippen molar-refractivity contribution >= 4 is 38.4 Å². The zero-order valence-corrected chi connectivity index (χ0v) is 16.9. The number of anilines is 1. The predicted molar refractivity (Wildman–Crippen MR) is 111 cm³/mol. The monoisotopic (exact) mass is 421 g/mol. The largest absolute Gasteiger partial charge is 0.343 e. The van der Waals surface area contributed by atoms with Gasteiger partial charge in [0.15, 0.2) is 5.78 Å². The van der Waals surface area contributed by atoms with Crippen molar-refractivity contribution in [2.75, 3.05) is 5.32 Å². The molecule has 2 aliphatic rings. The molecule has 4 nitrogen and oxygen atoms in total. The third-order valence-electron chi connectivity index (χ3n) is 5.50. The molecule has 1 aromatic heterocycles. The number of hydrogen-bond acceptors (Lipinski definition) is 3. The van der Waals surface area contributed by atoms with E-state index in [1.807, 2.05) is 35.0 Å². The second kappa shape index (κ2) is 5.80. The van der Waals surface area contributed by atoms with Gasteiger partial charge in [-0.05, 0) is 41.7 Å². The molecule has 5 heteroatoms. The molecule has 3 aromatic rings. The smallest absolute Gasteiger partial charge is 0.163 e. The van der Waals surface area contributed by atoms with E-state index in [4.69, 9.17) is 5.10 Å². The molecule has 0 radical (unpaired) electrons. The van der Waals surface area contributed by atoms with Crippen LogP contribution in [0.2, 0.25) is 0 Å². The van der Waals surface area contributed by atoms with E-state index in [0.29, 0.717) is 6.42 Å². The first-order chi connectivity index (χ1) is 12.9. The van der Waals surface area contributed by atoms with E-state index in [-0.39, 0.29) is 17.2 Å². The summed E-state index contributed by atoms with van der Waals surface area (Å²) in [5, 5.41) is 9.51. The van der Waals surface area contributed by atoms with Gasteiger partial charge in [0.1, 0.15) is 11.9 Å². The van der Waals surface area contributed by atoms with Crippen molar-refractivity contribution in [1.82, 2.24) is 9.78 Å². The van der Waals surface area contributed by atoms with E-state index in [9.17, 15) is 4.79 Å². The van der Waals surface area contributed by atoms with Crippen LogP contribution in [-0.4, -0.2) is 15.6 Å². The Labute approximate surface area is 166 Å². The Hall–Kier alpha value is -2.40. The second-order valence-corrected chi connectivity index (χ2v) is 9.14. The third kappa shape index (κ3) is 2.64. The van der Waals surface area contributed by atoms with E-state index in [2.05, 4.69) is 53.3 Å². The standard InChI is InChI=1S/C22H20BrN3O/c1-22(2)11-17-19(18(27)12-22)20(13-7-9-14(23)10-8-13)26-21(24-17)15-5-3-4-6-16(15)25-26/h3-10,20,24H,11-12H2,1-2H3. The Morgan fingerprint density at radius 1 is 1.11 bits per heavy atom. The highest BCUT2D eigenvalue weighted by molar-refractivity contribution is 9.10. The van der Waals surface area contributed by atoms with Crippen LogP contribution in [-0.2, 0) is 4.79 Å². The van der Waals surface area contributed by atoms with Crippen LogP contribution in [0, 0.1) is 5.41 Å². The van der Waals surface area contributed by atoms with Gasteiger partial charge in [0.05, 0.1) is 5.52 Å². The number of halogens is 1. The highest BCUT2D eigenvalue weighted by Crippen LogP contribution is 2.47. The zero-order chi connectivity index (χ0) is 18.8. The molecule has 136 valence electrons. The van der Waals surface area contributed by atoms with Gasteiger partial charge in [-0.2, -0.15) is 5.10 Å². The van der Waals surface area contributed by atoms with E-state index in [1.54, 1.807) is 0 Å². The van der Waals surface area contributed by atoms with Crippen molar-refractivity contribution < 1.29 is 4.79 Å². The SMILES string of the molecule is CC1(C)CC(=O)C2=C(C1)Nc1c3ccccc3nn1C2c1ccc(Br)cc1.